The monoisotopic (exact) mass is 351 g/mol. The van der Waals surface area contributed by atoms with E-state index in [1.54, 1.807) is 19.1 Å². The second kappa shape index (κ2) is 7.66. The number of carbonyl (C=O) groups excluding carboxylic acids is 1. The number of nitrogens with one attached hydrogen (secondary N) is 2. The number of anilines is 1. The second-order valence-corrected chi connectivity index (χ2v) is 6.46. The fourth-order valence-electron chi connectivity index (χ4n) is 2.07. The molecule has 0 atom stereocenters. The smallest absolute Gasteiger partial charge is 0.254 e. The third kappa shape index (κ3) is 4.59. The molecule has 0 radical (unpaired) electrons. The SMILES string of the molecule is CCc1c(C)nc(SCC(=O)Nc2ccc(C)c(Cl)c2)[nH]c1=O. The zero-order chi connectivity index (χ0) is 17.0. The second-order valence-electron chi connectivity index (χ2n) is 5.09. The van der Waals surface area contributed by atoms with E-state index in [0.29, 0.717) is 33.5 Å². The van der Waals surface area contributed by atoms with Crippen LogP contribution in [-0.4, -0.2) is 21.6 Å². The molecule has 2 aromatic rings. The number of amides is 1. The summed E-state index contributed by atoms with van der Waals surface area (Å²) in [6.07, 6.45) is 0.633. The van der Waals surface area contributed by atoms with Crippen LogP contribution in [-0.2, 0) is 11.2 Å². The lowest BCUT2D eigenvalue weighted by molar-refractivity contribution is -0.113. The van der Waals surface area contributed by atoms with E-state index in [9.17, 15) is 9.59 Å². The van der Waals surface area contributed by atoms with Gasteiger partial charge in [-0.1, -0.05) is 36.4 Å². The molecule has 0 fully saturated rings. The van der Waals surface area contributed by atoms with Crippen LogP contribution in [0.4, 0.5) is 5.69 Å². The fourth-order valence-corrected chi connectivity index (χ4v) is 2.96. The summed E-state index contributed by atoms with van der Waals surface area (Å²) in [5.74, 6) is -0.0332. The lowest BCUT2D eigenvalue weighted by Gasteiger charge is -2.07. The van der Waals surface area contributed by atoms with E-state index < -0.39 is 0 Å². The highest BCUT2D eigenvalue weighted by atomic mass is 35.5. The average molecular weight is 352 g/mol. The summed E-state index contributed by atoms with van der Waals surface area (Å²) in [7, 11) is 0. The van der Waals surface area contributed by atoms with Gasteiger partial charge in [-0.25, -0.2) is 4.98 Å². The van der Waals surface area contributed by atoms with Gasteiger partial charge in [0.25, 0.3) is 5.56 Å². The number of hydrogen-bond acceptors (Lipinski definition) is 4. The largest absolute Gasteiger partial charge is 0.325 e. The van der Waals surface area contributed by atoms with Gasteiger partial charge in [-0.15, -0.1) is 0 Å². The first kappa shape index (κ1) is 17.6. The zero-order valence-electron chi connectivity index (χ0n) is 13.2. The van der Waals surface area contributed by atoms with Crippen molar-refractivity contribution in [2.75, 3.05) is 11.1 Å². The number of aromatic nitrogens is 2. The van der Waals surface area contributed by atoms with Crippen molar-refractivity contribution in [3.05, 3.63) is 50.4 Å². The summed E-state index contributed by atoms with van der Waals surface area (Å²) in [4.78, 5) is 30.9. The first-order valence-corrected chi connectivity index (χ1v) is 8.55. The summed E-state index contributed by atoms with van der Waals surface area (Å²) in [6, 6.07) is 5.35. The molecule has 0 saturated heterocycles. The van der Waals surface area contributed by atoms with Crippen molar-refractivity contribution in [1.29, 1.82) is 0 Å². The Labute approximate surface area is 143 Å². The number of aromatic amines is 1. The number of rotatable bonds is 5. The fraction of sp³-hybridized carbons (Fsp3) is 0.312. The number of benzene rings is 1. The molecule has 0 bridgehead atoms. The van der Waals surface area contributed by atoms with Gasteiger partial charge in [0.05, 0.1) is 5.75 Å². The lowest BCUT2D eigenvalue weighted by atomic mass is 10.2. The summed E-state index contributed by atoms with van der Waals surface area (Å²) < 4.78 is 0. The minimum Gasteiger partial charge on any atom is -0.325 e. The van der Waals surface area contributed by atoms with Gasteiger partial charge < -0.3 is 10.3 Å². The molecule has 0 unspecified atom stereocenters. The van der Waals surface area contributed by atoms with Crippen molar-refractivity contribution in [1.82, 2.24) is 9.97 Å². The van der Waals surface area contributed by atoms with E-state index >= 15 is 0 Å². The number of halogens is 1. The van der Waals surface area contributed by atoms with E-state index in [0.717, 1.165) is 5.56 Å². The Hall–Kier alpha value is -1.79. The Morgan fingerprint density at radius 3 is 2.74 bits per heavy atom. The number of nitrogens with zero attached hydrogens (tertiary/aromatic N) is 1. The normalized spacial score (nSPS) is 10.6. The maximum absolute atomic E-state index is 12.0. The minimum atomic E-state index is -0.185. The van der Waals surface area contributed by atoms with Crippen LogP contribution in [0.25, 0.3) is 0 Å². The van der Waals surface area contributed by atoms with Gasteiger partial charge >= 0.3 is 0 Å². The summed E-state index contributed by atoms with van der Waals surface area (Å²) >= 11 is 7.22. The number of aryl methyl sites for hydroxylation is 2. The van der Waals surface area contributed by atoms with Crippen LogP contribution in [0.5, 0.6) is 0 Å². The average Bonchev–Trinajstić information content (AvgIpc) is 2.49. The van der Waals surface area contributed by atoms with E-state index in [4.69, 9.17) is 11.6 Å². The van der Waals surface area contributed by atoms with Crippen molar-refractivity contribution in [3.63, 3.8) is 0 Å². The molecule has 2 rings (SSSR count). The molecule has 122 valence electrons. The Bertz CT molecular complexity index is 789. The molecule has 5 nitrogen and oxygen atoms in total. The summed E-state index contributed by atoms with van der Waals surface area (Å²) in [5, 5.41) is 3.82. The molecule has 0 aliphatic carbocycles. The third-order valence-electron chi connectivity index (χ3n) is 3.35. The van der Waals surface area contributed by atoms with Gasteiger partial charge in [0.1, 0.15) is 0 Å². The van der Waals surface area contributed by atoms with Crippen molar-refractivity contribution in [2.24, 2.45) is 0 Å². The highest BCUT2D eigenvalue weighted by Gasteiger charge is 2.09. The highest BCUT2D eigenvalue weighted by molar-refractivity contribution is 7.99. The van der Waals surface area contributed by atoms with Gasteiger partial charge in [-0.3, -0.25) is 9.59 Å². The third-order valence-corrected chi connectivity index (χ3v) is 4.63. The van der Waals surface area contributed by atoms with Crippen LogP contribution >= 0.6 is 23.4 Å². The predicted octanol–water partition coefficient (Wildman–Crippen LogP) is 3.33. The molecule has 1 aromatic carbocycles. The highest BCUT2D eigenvalue weighted by Crippen LogP contribution is 2.20. The van der Waals surface area contributed by atoms with Crippen LogP contribution in [0.1, 0.15) is 23.7 Å². The molecule has 7 heteroatoms. The van der Waals surface area contributed by atoms with Gasteiger partial charge in [-0.2, -0.15) is 0 Å². The molecule has 0 spiro atoms. The maximum Gasteiger partial charge on any atom is 0.254 e. The van der Waals surface area contributed by atoms with Crippen molar-refractivity contribution < 1.29 is 4.79 Å². The molecule has 23 heavy (non-hydrogen) atoms. The van der Waals surface area contributed by atoms with Crippen LogP contribution < -0.4 is 10.9 Å². The standard InChI is InChI=1S/C16H18ClN3O2S/c1-4-12-10(3)18-16(20-15(12)22)23-8-14(21)19-11-6-5-9(2)13(17)7-11/h5-7H,4,8H2,1-3H3,(H,19,21)(H,18,20,22). The number of hydrogen-bond donors (Lipinski definition) is 2. The number of carbonyl (C=O) groups is 1. The molecular formula is C16H18ClN3O2S. The molecule has 0 aliphatic rings. The summed E-state index contributed by atoms with van der Waals surface area (Å²) in [6.45, 7) is 5.60. The Morgan fingerprint density at radius 1 is 1.39 bits per heavy atom. The zero-order valence-corrected chi connectivity index (χ0v) is 14.8. The topological polar surface area (TPSA) is 74.8 Å². The minimum absolute atomic E-state index is 0.145. The molecule has 0 aliphatic heterocycles. The van der Waals surface area contributed by atoms with E-state index in [1.165, 1.54) is 11.8 Å². The molecule has 1 heterocycles. The quantitative estimate of drug-likeness (QED) is 0.640. The van der Waals surface area contributed by atoms with Crippen molar-refractivity contribution >= 4 is 35.0 Å². The van der Waals surface area contributed by atoms with E-state index in [2.05, 4.69) is 15.3 Å². The molecule has 1 amide bonds. The number of thioether (sulfide) groups is 1. The van der Waals surface area contributed by atoms with Gasteiger partial charge in [0.2, 0.25) is 5.91 Å². The van der Waals surface area contributed by atoms with Crippen molar-refractivity contribution in [3.8, 4) is 0 Å². The maximum atomic E-state index is 12.0. The lowest BCUT2D eigenvalue weighted by Crippen LogP contribution is -2.18. The Kier molecular flexibility index (Phi) is 5.85. The molecule has 1 aromatic heterocycles. The van der Waals surface area contributed by atoms with Crippen LogP contribution in [0.15, 0.2) is 28.2 Å². The first-order chi connectivity index (χ1) is 10.9. The van der Waals surface area contributed by atoms with Crippen molar-refractivity contribution in [2.45, 2.75) is 32.3 Å². The Balaban J connectivity index is 1.99. The Morgan fingerprint density at radius 2 is 2.13 bits per heavy atom. The van der Waals surface area contributed by atoms with Crippen LogP contribution in [0, 0.1) is 13.8 Å². The van der Waals surface area contributed by atoms with Crippen LogP contribution in [0.3, 0.4) is 0 Å². The van der Waals surface area contributed by atoms with E-state index in [-0.39, 0.29) is 17.2 Å². The van der Waals surface area contributed by atoms with E-state index in [1.807, 2.05) is 19.9 Å². The number of H-pyrrole nitrogens is 1. The van der Waals surface area contributed by atoms with Gasteiger partial charge in [-0.05, 0) is 38.0 Å². The van der Waals surface area contributed by atoms with Crippen LogP contribution in [0.2, 0.25) is 5.02 Å². The van der Waals surface area contributed by atoms with Gasteiger partial charge in [0.15, 0.2) is 5.16 Å². The first-order valence-electron chi connectivity index (χ1n) is 7.19. The van der Waals surface area contributed by atoms with Gasteiger partial charge in [0, 0.05) is 22.0 Å². The summed E-state index contributed by atoms with van der Waals surface area (Å²) in [5.41, 5.74) is 2.82. The molecule has 0 saturated carbocycles. The molecule has 2 N–H and O–H groups in total. The molecular weight excluding hydrogens is 334 g/mol. The predicted molar refractivity (Wildman–Crippen MR) is 94.5 cm³/mol.